The molecule has 0 saturated carbocycles. The van der Waals surface area contributed by atoms with Gasteiger partial charge in [-0.1, -0.05) is 18.2 Å². The monoisotopic (exact) mass is 457 g/mol. The molecule has 2 aromatic carbocycles. The molecule has 32 heavy (non-hydrogen) atoms. The van der Waals surface area contributed by atoms with Crippen LogP contribution >= 0.6 is 0 Å². The number of nitrogens with zero attached hydrogens (tertiary/aromatic N) is 2. The number of rotatable bonds is 6. The molecule has 170 valence electrons. The van der Waals surface area contributed by atoms with Gasteiger partial charge in [-0.05, 0) is 56.4 Å². The SMILES string of the molecule is CCn1c(=O)oc2cc(S(=O)(=O)N3CCC(CC(=O)Nc4ccccc4C)CC3)ccc21. The lowest BCUT2D eigenvalue weighted by atomic mass is 9.94. The summed E-state index contributed by atoms with van der Waals surface area (Å²) in [5.41, 5.74) is 2.65. The predicted octanol–water partition coefficient (Wildman–Crippen LogP) is 3.35. The summed E-state index contributed by atoms with van der Waals surface area (Å²) in [7, 11) is -3.71. The van der Waals surface area contributed by atoms with E-state index >= 15 is 0 Å². The molecular weight excluding hydrogens is 430 g/mol. The third kappa shape index (κ3) is 4.35. The second-order valence-corrected chi connectivity index (χ2v) is 10.1. The molecule has 2 heterocycles. The van der Waals surface area contributed by atoms with Crippen molar-refractivity contribution in [2.24, 2.45) is 5.92 Å². The lowest BCUT2D eigenvalue weighted by molar-refractivity contribution is -0.117. The molecule has 1 fully saturated rings. The Morgan fingerprint density at radius 1 is 1.16 bits per heavy atom. The number of sulfonamides is 1. The van der Waals surface area contributed by atoms with Crippen LogP contribution < -0.4 is 11.1 Å². The summed E-state index contributed by atoms with van der Waals surface area (Å²) in [6, 6.07) is 12.2. The average molecular weight is 458 g/mol. The first-order valence-corrected chi connectivity index (χ1v) is 12.2. The Morgan fingerprint density at radius 2 is 1.88 bits per heavy atom. The van der Waals surface area contributed by atoms with Gasteiger partial charge in [0, 0.05) is 37.8 Å². The molecule has 3 aromatic rings. The Balaban J connectivity index is 1.40. The van der Waals surface area contributed by atoms with Gasteiger partial charge < -0.3 is 9.73 Å². The summed E-state index contributed by atoms with van der Waals surface area (Å²) in [6.45, 7) is 4.92. The normalized spacial score (nSPS) is 15.8. The van der Waals surface area contributed by atoms with Crippen molar-refractivity contribution < 1.29 is 17.6 Å². The molecule has 1 aliphatic heterocycles. The molecule has 0 bridgehead atoms. The Kier molecular flexibility index (Phi) is 6.21. The molecule has 1 aliphatic rings. The summed E-state index contributed by atoms with van der Waals surface area (Å²) in [5.74, 6) is -0.423. The van der Waals surface area contributed by atoms with Gasteiger partial charge in [-0.2, -0.15) is 4.31 Å². The number of aromatic nitrogens is 1. The van der Waals surface area contributed by atoms with E-state index in [0.29, 0.717) is 44.4 Å². The highest BCUT2D eigenvalue weighted by atomic mass is 32.2. The second kappa shape index (κ2) is 8.91. The van der Waals surface area contributed by atoms with Crippen LogP contribution in [0.25, 0.3) is 11.1 Å². The van der Waals surface area contributed by atoms with Crippen molar-refractivity contribution in [2.75, 3.05) is 18.4 Å². The number of fused-ring (bicyclic) bond motifs is 1. The number of oxazole rings is 1. The maximum Gasteiger partial charge on any atom is 0.419 e. The van der Waals surface area contributed by atoms with Crippen LogP contribution in [-0.2, 0) is 21.4 Å². The maximum atomic E-state index is 13.1. The van der Waals surface area contributed by atoms with Gasteiger partial charge in [-0.3, -0.25) is 9.36 Å². The minimum Gasteiger partial charge on any atom is -0.408 e. The van der Waals surface area contributed by atoms with E-state index in [-0.39, 0.29) is 22.3 Å². The third-order valence-corrected chi connectivity index (χ3v) is 7.96. The zero-order chi connectivity index (χ0) is 22.9. The van der Waals surface area contributed by atoms with Crippen molar-refractivity contribution in [1.29, 1.82) is 0 Å². The van der Waals surface area contributed by atoms with E-state index in [9.17, 15) is 18.0 Å². The number of carbonyl (C=O) groups excluding carboxylic acids is 1. The first kappa shape index (κ1) is 22.3. The van der Waals surface area contributed by atoms with Crippen LogP contribution in [0.4, 0.5) is 5.69 Å². The predicted molar refractivity (Wildman–Crippen MR) is 122 cm³/mol. The van der Waals surface area contributed by atoms with Crippen molar-refractivity contribution in [1.82, 2.24) is 8.87 Å². The Morgan fingerprint density at radius 3 is 2.56 bits per heavy atom. The number of anilines is 1. The fraction of sp³-hybridized carbons (Fsp3) is 0.391. The van der Waals surface area contributed by atoms with Crippen LogP contribution in [0.1, 0.15) is 31.7 Å². The molecule has 1 aromatic heterocycles. The molecule has 0 aliphatic carbocycles. The van der Waals surface area contributed by atoms with Crippen LogP contribution in [0.2, 0.25) is 0 Å². The highest BCUT2D eigenvalue weighted by Crippen LogP contribution is 2.28. The number of nitrogens with one attached hydrogen (secondary N) is 1. The highest BCUT2D eigenvalue weighted by Gasteiger charge is 2.30. The minimum absolute atomic E-state index is 0.0541. The van der Waals surface area contributed by atoms with E-state index in [4.69, 9.17) is 4.42 Å². The average Bonchev–Trinajstić information content (AvgIpc) is 3.09. The standard InChI is InChI=1S/C23H27N3O5S/c1-3-26-20-9-8-18(15-21(20)31-23(26)28)32(29,30)25-12-10-17(11-13-25)14-22(27)24-19-7-5-4-6-16(19)2/h4-9,15,17H,3,10-14H2,1-2H3,(H,24,27). The van der Waals surface area contributed by atoms with Gasteiger partial charge in [0.1, 0.15) is 0 Å². The molecule has 1 N–H and O–H groups in total. The number of benzene rings is 2. The Labute approximate surface area is 186 Å². The van der Waals surface area contributed by atoms with Crippen LogP contribution in [0, 0.1) is 12.8 Å². The maximum absolute atomic E-state index is 13.1. The molecule has 0 spiro atoms. The number of piperidine rings is 1. The van der Waals surface area contributed by atoms with E-state index in [1.54, 1.807) is 6.07 Å². The lowest BCUT2D eigenvalue weighted by Crippen LogP contribution is -2.39. The van der Waals surface area contributed by atoms with Crippen molar-refractivity contribution >= 4 is 32.7 Å². The second-order valence-electron chi connectivity index (χ2n) is 8.16. The van der Waals surface area contributed by atoms with Gasteiger partial charge in [-0.15, -0.1) is 0 Å². The molecule has 0 atom stereocenters. The number of carbonyl (C=O) groups is 1. The van der Waals surface area contributed by atoms with Gasteiger partial charge in [0.15, 0.2) is 5.58 Å². The highest BCUT2D eigenvalue weighted by molar-refractivity contribution is 7.89. The Bertz CT molecular complexity index is 1300. The molecule has 8 nitrogen and oxygen atoms in total. The summed E-state index contributed by atoms with van der Waals surface area (Å²) >= 11 is 0. The number of hydrogen-bond donors (Lipinski definition) is 1. The fourth-order valence-electron chi connectivity index (χ4n) is 4.19. The Hall–Kier alpha value is -2.91. The smallest absolute Gasteiger partial charge is 0.408 e. The first-order chi connectivity index (χ1) is 15.3. The van der Waals surface area contributed by atoms with Gasteiger partial charge >= 0.3 is 5.76 Å². The van der Waals surface area contributed by atoms with Gasteiger partial charge in [0.25, 0.3) is 0 Å². The van der Waals surface area contributed by atoms with Crippen molar-refractivity contribution in [3.05, 3.63) is 58.6 Å². The first-order valence-electron chi connectivity index (χ1n) is 10.8. The zero-order valence-electron chi connectivity index (χ0n) is 18.2. The largest absolute Gasteiger partial charge is 0.419 e. The van der Waals surface area contributed by atoms with Crippen LogP contribution in [0.15, 0.2) is 56.6 Å². The third-order valence-electron chi connectivity index (χ3n) is 6.06. The van der Waals surface area contributed by atoms with Gasteiger partial charge in [0.2, 0.25) is 15.9 Å². The summed E-state index contributed by atoms with van der Waals surface area (Å²) in [6.07, 6.45) is 1.60. The molecule has 9 heteroatoms. The van der Waals surface area contributed by atoms with Crippen molar-refractivity contribution in [3.8, 4) is 0 Å². The molecule has 0 radical (unpaired) electrons. The topological polar surface area (TPSA) is 102 Å². The number of aryl methyl sites for hydroxylation is 2. The van der Waals surface area contributed by atoms with E-state index in [1.807, 2.05) is 38.1 Å². The van der Waals surface area contributed by atoms with E-state index in [1.165, 1.54) is 21.0 Å². The molecule has 0 unspecified atom stereocenters. The lowest BCUT2D eigenvalue weighted by Gasteiger charge is -2.31. The zero-order valence-corrected chi connectivity index (χ0v) is 19.0. The van der Waals surface area contributed by atoms with E-state index in [0.717, 1.165) is 11.3 Å². The summed E-state index contributed by atoms with van der Waals surface area (Å²) < 4.78 is 34.4. The summed E-state index contributed by atoms with van der Waals surface area (Å²) in [4.78, 5) is 24.4. The van der Waals surface area contributed by atoms with Crippen LogP contribution in [-0.4, -0.2) is 36.3 Å². The van der Waals surface area contributed by atoms with E-state index in [2.05, 4.69) is 5.32 Å². The van der Waals surface area contributed by atoms with E-state index < -0.39 is 15.8 Å². The van der Waals surface area contributed by atoms with Crippen molar-refractivity contribution in [3.63, 3.8) is 0 Å². The van der Waals surface area contributed by atoms with Gasteiger partial charge in [0.05, 0.1) is 10.4 Å². The quantitative estimate of drug-likeness (QED) is 0.612. The summed E-state index contributed by atoms with van der Waals surface area (Å²) in [5, 5.41) is 2.94. The molecular formula is C23H27N3O5S. The van der Waals surface area contributed by atoms with Crippen molar-refractivity contribution in [2.45, 2.75) is 44.6 Å². The van der Waals surface area contributed by atoms with Gasteiger partial charge in [-0.25, -0.2) is 13.2 Å². The molecule has 1 amide bonds. The molecule has 1 saturated heterocycles. The number of amides is 1. The van der Waals surface area contributed by atoms with Crippen LogP contribution in [0.5, 0.6) is 0 Å². The molecule has 4 rings (SSSR count). The number of para-hydroxylation sites is 1. The number of hydrogen-bond acceptors (Lipinski definition) is 5. The van der Waals surface area contributed by atoms with Crippen LogP contribution in [0.3, 0.4) is 0 Å². The fourth-order valence-corrected chi connectivity index (χ4v) is 5.67. The minimum atomic E-state index is -3.71.